The molecule has 0 aromatic carbocycles. The highest BCUT2D eigenvalue weighted by molar-refractivity contribution is 7.99. The van der Waals surface area contributed by atoms with Crippen LogP contribution in [0.1, 0.15) is 24.6 Å². The summed E-state index contributed by atoms with van der Waals surface area (Å²) in [4.78, 5) is 30.0. The minimum atomic E-state index is -0.465. The van der Waals surface area contributed by atoms with Gasteiger partial charge in [-0.15, -0.1) is 0 Å². The average Bonchev–Trinajstić information content (AvgIpc) is 2.48. The van der Waals surface area contributed by atoms with E-state index in [1.54, 1.807) is 7.11 Å². The largest absolute Gasteiger partial charge is 0.385 e. The smallest absolute Gasteiger partial charge is 0.269 e. The van der Waals surface area contributed by atoms with Gasteiger partial charge in [-0.25, -0.2) is 4.98 Å². The first-order valence-electron chi connectivity index (χ1n) is 6.54. The molecule has 0 saturated heterocycles. The maximum absolute atomic E-state index is 11.7. The van der Waals surface area contributed by atoms with Crippen LogP contribution in [-0.2, 0) is 16.0 Å². The van der Waals surface area contributed by atoms with Crippen molar-refractivity contribution in [3.8, 4) is 6.07 Å². The van der Waals surface area contributed by atoms with Gasteiger partial charge in [0.2, 0.25) is 5.91 Å². The zero-order chi connectivity index (χ0) is 15.7. The van der Waals surface area contributed by atoms with Gasteiger partial charge >= 0.3 is 0 Å². The van der Waals surface area contributed by atoms with E-state index in [0.717, 1.165) is 18.2 Å². The van der Waals surface area contributed by atoms with Crippen molar-refractivity contribution in [2.45, 2.75) is 24.9 Å². The molecule has 0 fully saturated rings. The molecule has 0 atom stereocenters. The molecule has 0 aliphatic heterocycles. The molecular weight excluding hydrogens is 292 g/mol. The molecular formula is C13H18N4O3S. The zero-order valence-corrected chi connectivity index (χ0v) is 12.9. The summed E-state index contributed by atoms with van der Waals surface area (Å²) in [6, 6.07) is 1.84. The van der Waals surface area contributed by atoms with Crippen molar-refractivity contribution < 1.29 is 9.53 Å². The average molecular weight is 310 g/mol. The summed E-state index contributed by atoms with van der Waals surface area (Å²) in [5.41, 5.74) is 0.0162. The summed E-state index contributed by atoms with van der Waals surface area (Å²) >= 11 is 1.14. The van der Waals surface area contributed by atoms with Gasteiger partial charge in [-0.3, -0.25) is 9.59 Å². The first-order chi connectivity index (χ1) is 10.1. The summed E-state index contributed by atoms with van der Waals surface area (Å²) in [6.07, 6.45) is 1.24. The van der Waals surface area contributed by atoms with Gasteiger partial charge in [-0.05, 0) is 12.8 Å². The molecule has 1 amide bonds. The third-order valence-electron chi connectivity index (χ3n) is 2.61. The Hall–Kier alpha value is -1.85. The maximum atomic E-state index is 11.7. The Morgan fingerprint density at radius 3 is 2.95 bits per heavy atom. The van der Waals surface area contributed by atoms with Crippen LogP contribution in [-0.4, -0.2) is 41.9 Å². The van der Waals surface area contributed by atoms with Gasteiger partial charge in [-0.1, -0.05) is 18.7 Å². The lowest BCUT2D eigenvalue weighted by Gasteiger charge is -2.06. The molecule has 1 rings (SSSR count). The number of ether oxygens (including phenoxy) is 1. The normalized spacial score (nSPS) is 10.1. The lowest BCUT2D eigenvalue weighted by Crippen LogP contribution is -2.27. The van der Waals surface area contributed by atoms with Crippen molar-refractivity contribution in [2.75, 3.05) is 26.0 Å². The SMILES string of the molecule is CCc1nc(SCC(=O)NCCCOC)[nH]c(=O)c1C#N. The van der Waals surface area contributed by atoms with E-state index in [1.807, 2.05) is 13.0 Å². The fraction of sp³-hybridized carbons (Fsp3) is 0.538. The van der Waals surface area contributed by atoms with Crippen LogP contribution in [0.5, 0.6) is 0 Å². The summed E-state index contributed by atoms with van der Waals surface area (Å²) in [5.74, 6) is 0.0199. The van der Waals surface area contributed by atoms with Crippen molar-refractivity contribution >= 4 is 17.7 Å². The molecule has 0 aliphatic carbocycles. The topological polar surface area (TPSA) is 108 Å². The molecule has 1 aromatic heterocycles. The first-order valence-corrected chi connectivity index (χ1v) is 7.52. The predicted molar refractivity (Wildman–Crippen MR) is 79.2 cm³/mol. The Balaban J connectivity index is 2.56. The van der Waals surface area contributed by atoms with Crippen molar-refractivity contribution in [1.29, 1.82) is 5.26 Å². The van der Waals surface area contributed by atoms with E-state index in [2.05, 4.69) is 15.3 Å². The number of aromatic nitrogens is 2. The number of nitrogens with one attached hydrogen (secondary N) is 2. The minimum absolute atomic E-state index is 0.0332. The number of nitriles is 1. The molecule has 21 heavy (non-hydrogen) atoms. The molecule has 0 saturated carbocycles. The highest BCUT2D eigenvalue weighted by atomic mass is 32.2. The summed E-state index contributed by atoms with van der Waals surface area (Å²) < 4.78 is 4.88. The van der Waals surface area contributed by atoms with Crippen molar-refractivity contribution in [2.24, 2.45) is 0 Å². The van der Waals surface area contributed by atoms with Gasteiger partial charge in [0.15, 0.2) is 5.16 Å². The lowest BCUT2D eigenvalue weighted by molar-refractivity contribution is -0.118. The monoisotopic (exact) mass is 310 g/mol. The first kappa shape index (κ1) is 17.2. The Morgan fingerprint density at radius 2 is 2.33 bits per heavy atom. The van der Waals surface area contributed by atoms with Crippen LogP contribution in [0.3, 0.4) is 0 Å². The van der Waals surface area contributed by atoms with Crippen molar-refractivity contribution in [3.05, 3.63) is 21.6 Å². The summed E-state index contributed by atoms with van der Waals surface area (Å²) in [7, 11) is 1.61. The second-order valence-corrected chi connectivity index (χ2v) is 5.11. The maximum Gasteiger partial charge on any atom is 0.269 e. The third-order valence-corrected chi connectivity index (χ3v) is 3.48. The fourth-order valence-electron chi connectivity index (χ4n) is 1.57. The number of aryl methyl sites for hydroxylation is 1. The predicted octanol–water partition coefficient (Wildman–Crippen LogP) is 0.449. The van der Waals surface area contributed by atoms with Gasteiger partial charge in [0.1, 0.15) is 11.6 Å². The van der Waals surface area contributed by atoms with Crippen LogP contribution in [0.15, 0.2) is 9.95 Å². The number of H-pyrrole nitrogens is 1. The third kappa shape index (κ3) is 5.57. The molecule has 0 unspecified atom stereocenters. The summed E-state index contributed by atoms with van der Waals surface area (Å²) in [5, 5.41) is 12.0. The van der Waals surface area contributed by atoms with Gasteiger partial charge in [-0.2, -0.15) is 5.26 Å². The number of methoxy groups -OCH3 is 1. The number of hydrogen-bond acceptors (Lipinski definition) is 6. The number of hydrogen-bond donors (Lipinski definition) is 2. The number of amides is 1. The Bertz CT molecular complexity index is 580. The van der Waals surface area contributed by atoms with Crippen LogP contribution < -0.4 is 10.9 Å². The zero-order valence-electron chi connectivity index (χ0n) is 12.1. The Morgan fingerprint density at radius 1 is 1.57 bits per heavy atom. The van der Waals surface area contributed by atoms with Crippen molar-refractivity contribution in [1.82, 2.24) is 15.3 Å². The Kier molecular flexibility index (Phi) is 7.50. The molecule has 0 bridgehead atoms. The number of aromatic amines is 1. The van der Waals surface area contributed by atoms with E-state index in [0.29, 0.717) is 30.4 Å². The van der Waals surface area contributed by atoms with Crippen LogP contribution in [0.4, 0.5) is 0 Å². The van der Waals surface area contributed by atoms with Crippen LogP contribution in [0.25, 0.3) is 0 Å². The van der Waals surface area contributed by atoms with Crippen LogP contribution in [0, 0.1) is 11.3 Å². The van der Waals surface area contributed by atoms with Gasteiger partial charge in [0.05, 0.1) is 11.4 Å². The number of nitrogens with zero attached hydrogens (tertiary/aromatic N) is 2. The van der Waals surface area contributed by atoms with Crippen molar-refractivity contribution in [3.63, 3.8) is 0 Å². The molecule has 0 spiro atoms. The van der Waals surface area contributed by atoms with Crippen LogP contribution in [0.2, 0.25) is 0 Å². The molecule has 2 N–H and O–H groups in total. The molecule has 1 heterocycles. The van der Waals surface area contributed by atoms with E-state index in [4.69, 9.17) is 10.00 Å². The molecule has 1 aromatic rings. The molecule has 0 aliphatic rings. The molecule has 0 radical (unpaired) electrons. The van der Waals surface area contributed by atoms with E-state index in [9.17, 15) is 9.59 Å². The quantitative estimate of drug-likeness (QED) is 0.410. The standard InChI is InChI=1S/C13H18N4O3S/c1-3-10-9(7-14)12(19)17-13(16-10)21-8-11(18)15-5-4-6-20-2/h3-6,8H2,1-2H3,(H,15,18)(H,16,17,19). The highest BCUT2D eigenvalue weighted by Crippen LogP contribution is 2.12. The van der Waals surface area contributed by atoms with E-state index < -0.39 is 5.56 Å². The molecule has 114 valence electrons. The number of carbonyl (C=O) groups excluding carboxylic acids is 1. The fourth-order valence-corrected chi connectivity index (χ4v) is 2.28. The highest BCUT2D eigenvalue weighted by Gasteiger charge is 2.11. The van der Waals surface area contributed by atoms with E-state index in [-0.39, 0.29) is 17.2 Å². The second kappa shape index (κ2) is 9.15. The molecule has 7 nitrogen and oxygen atoms in total. The Labute approximate surface area is 127 Å². The lowest BCUT2D eigenvalue weighted by atomic mass is 10.2. The minimum Gasteiger partial charge on any atom is -0.385 e. The van der Waals surface area contributed by atoms with Gasteiger partial charge < -0.3 is 15.0 Å². The van der Waals surface area contributed by atoms with Crippen LogP contribution >= 0.6 is 11.8 Å². The second-order valence-electron chi connectivity index (χ2n) is 4.14. The van der Waals surface area contributed by atoms with E-state index >= 15 is 0 Å². The van der Waals surface area contributed by atoms with E-state index in [1.165, 1.54) is 0 Å². The van der Waals surface area contributed by atoms with Gasteiger partial charge in [0.25, 0.3) is 5.56 Å². The van der Waals surface area contributed by atoms with Gasteiger partial charge in [0, 0.05) is 20.3 Å². The number of thioether (sulfide) groups is 1. The summed E-state index contributed by atoms with van der Waals surface area (Å²) in [6.45, 7) is 2.96. The molecule has 8 heteroatoms. The number of rotatable bonds is 8. The number of carbonyl (C=O) groups is 1.